The lowest BCUT2D eigenvalue weighted by Gasteiger charge is -2.02. The van der Waals surface area contributed by atoms with Crippen LogP contribution in [0.15, 0.2) is 53.6 Å². The second-order valence-electron chi connectivity index (χ2n) is 5.75. The van der Waals surface area contributed by atoms with E-state index in [1.54, 1.807) is 12.1 Å². The van der Waals surface area contributed by atoms with Crippen molar-refractivity contribution in [1.29, 1.82) is 0 Å². The first kappa shape index (κ1) is 21.4. The van der Waals surface area contributed by atoms with Crippen molar-refractivity contribution in [1.82, 2.24) is 15.6 Å². The number of amides is 2. The molecule has 10 nitrogen and oxygen atoms in total. The van der Waals surface area contributed by atoms with Gasteiger partial charge in [-0.3, -0.25) is 25.0 Å². The third-order valence-electron chi connectivity index (χ3n) is 3.62. The summed E-state index contributed by atoms with van der Waals surface area (Å²) in [5, 5.41) is 25.6. The van der Waals surface area contributed by atoms with Crippen molar-refractivity contribution in [2.75, 3.05) is 5.32 Å². The molecule has 2 N–H and O–H groups in total. The molecule has 12 heteroatoms. The number of hydrazone groups is 1. The largest absolute Gasteiger partial charge is 0.296 e. The number of nitrogens with zero attached hydrogens (tertiary/aromatic N) is 4. The first-order valence-electron chi connectivity index (χ1n) is 8.37. The molecule has 0 fully saturated rings. The molecule has 0 aliphatic carbocycles. The third kappa shape index (κ3) is 5.87. The van der Waals surface area contributed by atoms with Gasteiger partial charge in [0.05, 0.1) is 23.1 Å². The Hall–Kier alpha value is -3.26. The summed E-state index contributed by atoms with van der Waals surface area (Å²) >= 11 is 3.16. The molecule has 0 bridgehead atoms. The number of anilines is 1. The number of benzene rings is 2. The van der Waals surface area contributed by atoms with Crippen molar-refractivity contribution in [2.45, 2.75) is 6.42 Å². The molecule has 0 saturated carbocycles. The Kier molecular flexibility index (Phi) is 7.13. The molecular weight excluding hydrogens is 523 g/mol. The molecule has 0 aliphatic rings. The van der Waals surface area contributed by atoms with Gasteiger partial charge in [-0.1, -0.05) is 23.5 Å². The molecule has 0 aliphatic heterocycles. The van der Waals surface area contributed by atoms with Gasteiger partial charge in [0.25, 0.3) is 11.6 Å². The quantitative estimate of drug-likeness (QED) is 0.206. The monoisotopic (exact) mass is 536 g/mol. The number of non-ortho nitro benzene ring substituents is 1. The Bertz CT molecular complexity index is 1120. The second kappa shape index (κ2) is 9.98. The number of nitro groups is 1. The third-order valence-corrected chi connectivity index (χ3v) is 5.40. The number of nitrogens with one attached hydrogen (secondary N) is 2. The fourth-order valence-corrected chi connectivity index (χ4v) is 3.59. The number of nitro benzene ring substituents is 1. The average Bonchev–Trinajstić information content (AvgIpc) is 3.15. The Balaban J connectivity index is 1.51. The summed E-state index contributed by atoms with van der Waals surface area (Å²) in [6.45, 7) is 0. The maximum atomic E-state index is 12.3. The SMILES string of the molecule is O=C(Cc1nnc(NC(=O)c2ccccc2I)s1)N/N=C\c1ccc([N+](=O)[O-])cc1. The van der Waals surface area contributed by atoms with Crippen LogP contribution < -0.4 is 10.7 Å². The van der Waals surface area contributed by atoms with Crippen LogP contribution >= 0.6 is 33.9 Å². The molecular formula is C18H13IN6O4S. The van der Waals surface area contributed by atoms with Crippen LogP contribution in [-0.2, 0) is 11.2 Å². The summed E-state index contributed by atoms with van der Waals surface area (Å²) < 4.78 is 0.808. The molecule has 1 heterocycles. The van der Waals surface area contributed by atoms with Crippen molar-refractivity contribution >= 4 is 62.8 Å². The van der Waals surface area contributed by atoms with Crippen LogP contribution in [0.3, 0.4) is 0 Å². The van der Waals surface area contributed by atoms with Gasteiger partial charge < -0.3 is 0 Å². The van der Waals surface area contributed by atoms with Crippen LogP contribution in [0.25, 0.3) is 0 Å². The van der Waals surface area contributed by atoms with E-state index in [0.717, 1.165) is 14.9 Å². The average molecular weight is 536 g/mol. The van der Waals surface area contributed by atoms with Crippen LogP contribution in [0.1, 0.15) is 20.9 Å². The van der Waals surface area contributed by atoms with Gasteiger partial charge in [-0.2, -0.15) is 5.10 Å². The van der Waals surface area contributed by atoms with Crippen LogP contribution in [0, 0.1) is 13.7 Å². The van der Waals surface area contributed by atoms with E-state index < -0.39 is 10.8 Å². The van der Waals surface area contributed by atoms with Gasteiger partial charge >= 0.3 is 0 Å². The fraction of sp³-hybridized carbons (Fsp3) is 0.0556. The minimum atomic E-state index is -0.498. The molecule has 3 rings (SSSR count). The van der Waals surface area contributed by atoms with Gasteiger partial charge in [0.15, 0.2) is 0 Å². The highest BCUT2D eigenvalue weighted by Gasteiger charge is 2.14. The van der Waals surface area contributed by atoms with E-state index in [2.05, 4.69) is 48.6 Å². The van der Waals surface area contributed by atoms with E-state index in [4.69, 9.17) is 0 Å². The molecule has 2 amide bonds. The zero-order chi connectivity index (χ0) is 21.5. The minimum absolute atomic E-state index is 0.0303. The lowest BCUT2D eigenvalue weighted by molar-refractivity contribution is -0.384. The molecule has 3 aromatic rings. The number of carbonyl (C=O) groups excluding carboxylic acids is 2. The number of rotatable bonds is 7. The first-order valence-corrected chi connectivity index (χ1v) is 10.3. The predicted molar refractivity (Wildman–Crippen MR) is 120 cm³/mol. The van der Waals surface area contributed by atoms with Gasteiger partial charge in [0.2, 0.25) is 11.0 Å². The summed E-state index contributed by atoms with van der Waals surface area (Å²) in [6.07, 6.45) is 1.31. The van der Waals surface area contributed by atoms with E-state index in [1.807, 2.05) is 12.1 Å². The highest BCUT2D eigenvalue weighted by molar-refractivity contribution is 14.1. The van der Waals surface area contributed by atoms with E-state index in [1.165, 1.54) is 30.5 Å². The molecule has 0 unspecified atom stereocenters. The van der Waals surface area contributed by atoms with Gasteiger partial charge in [-0.05, 0) is 52.4 Å². The summed E-state index contributed by atoms with van der Waals surface area (Å²) in [5.41, 5.74) is 3.43. The fourth-order valence-electron chi connectivity index (χ4n) is 2.22. The Labute approximate surface area is 187 Å². The van der Waals surface area contributed by atoms with Gasteiger partial charge in [0.1, 0.15) is 5.01 Å². The lowest BCUT2D eigenvalue weighted by atomic mass is 10.2. The molecule has 0 saturated heterocycles. The standard InChI is InChI=1S/C18H13IN6O4S/c19-14-4-2-1-3-13(14)17(27)21-18-24-23-16(30-18)9-15(26)22-20-10-11-5-7-12(8-6-11)25(28)29/h1-8,10H,9H2,(H,22,26)(H,21,24,27)/b20-10-. The van der Waals surface area contributed by atoms with Gasteiger partial charge in [-0.25, -0.2) is 5.43 Å². The van der Waals surface area contributed by atoms with E-state index in [9.17, 15) is 19.7 Å². The molecule has 0 atom stereocenters. The first-order chi connectivity index (χ1) is 14.4. The maximum absolute atomic E-state index is 12.3. The molecule has 152 valence electrons. The van der Waals surface area contributed by atoms with Crippen LogP contribution in [0.2, 0.25) is 0 Å². The predicted octanol–water partition coefficient (Wildman–Crippen LogP) is 3.00. The smallest absolute Gasteiger partial charge is 0.269 e. The zero-order valence-electron chi connectivity index (χ0n) is 15.1. The van der Waals surface area contributed by atoms with Crippen molar-refractivity contribution in [3.05, 3.63) is 78.3 Å². The topological polar surface area (TPSA) is 139 Å². The summed E-state index contributed by atoms with van der Waals surface area (Å²) in [4.78, 5) is 34.4. The molecule has 0 spiro atoms. The lowest BCUT2D eigenvalue weighted by Crippen LogP contribution is -2.19. The minimum Gasteiger partial charge on any atom is -0.296 e. The number of aromatic nitrogens is 2. The van der Waals surface area contributed by atoms with E-state index in [0.29, 0.717) is 16.1 Å². The van der Waals surface area contributed by atoms with Crippen molar-refractivity contribution < 1.29 is 14.5 Å². The Morgan fingerprint density at radius 2 is 1.90 bits per heavy atom. The summed E-state index contributed by atoms with van der Waals surface area (Å²) in [7, 11) is 0. The highest BCUT2D eigenvalue weighted by Crippen LogP contribution is 2.18. The summed E-state index contributed by atoms with van der Waals surface area (Å²) in [5.74, 6) is -0.723. The van der Waals surface area contributed by atoms with Gasteiger partial charge in [-0.15, -0.1) is 10.2 Å². The molecule has 2 aromatic carbocycles. The van der Waals surface area contributed by atoms with Gasteiger partial charge in [0, 0.05) is 15.7 Å². The molecule has 0 radical (unpaired) electrons. The number of halogens is 1. The normalized spacial score (nSPS) is 10.7. The van der Waals surface area contributed by atoms with Crippen molar-refractivity contribution in [3.8, 4) is 0 Å². The summed E-state index contributed by atoms with van der Waals surface area (Å²) in [6, 6.07) is 12.8. The Morgan fingerprint density at radius 1 is 1.17 bits per heavy atom. The van der Waals surface area contributed by atoms with Crippen LogP contribution in [-0.4, -0.2) is 33.1 Å². The van der Waals surface area contributed by atoms with Crippen LogP contribution in [0.5, 0.6) is 0 Å². The van der Waals surface area contributed by atoms with Crippen LogP contribution in [0.4, 0.5) is 10.8 Å². The van der Waals surface area contributed by atoms with E-state index in [-0.39, 0.29) is 23.1 Å². The maximum Gasteiger partial charge on any atom is 0.269 e. The molecule has 1 aromatic heterocycles. The number of hydrogen-bond acceptors (Lipinski definition) is 8. The Morgan fingerprint density at radius 3 is 2.60 bits per heavy atom. The highest BCUT2D eigenvalue weighted by atomic mass is 127. The van der Waals surface area contributed by atoms with E-state index >= 15 is 0 Å². The number of carbonyl (C=O) groups is 2. The molecule has 30 heavy (non-hydrogen) atoms. The second-order valence-corrected chi connectivity index (χ2v) is 7.98. The van der Waals surface area contributed by atoms with Crippen molar-refractivity contribution in [3.63, 3.8) is 0 Å². The number of hydrogen-bond donors (Lipinski definition) is 2. The zero-order valence-corrected chi connectivity index (χ0v) is 18.1. The van der Waals surface area contributed by atoms with Crippen molar-refractivity contribution in [2.24, 2.45) is 5.10 Å².